The summed E-state index contributed by atoms with van der Waals surface area (Å²) < 4.78 is 5.19. The molecule has 2 aromatic carbocycles. The Hall–Kier alpha value is -2.82. The van der Waals surface area contributed by atoms with Gasteiger partial charge in [-0.25, -0.2) is 0 Å². The monoisotopic (exact) mass is 352 g/mol. The summed E-state index contributed by atoms with van der Waals surface area (Å²) in [6.45, 7) is 3.49. The number of carbonyl (C=O) groups is 2. The predicted molar refractivity (Wildman–Crippen MR) is 99.5 cm³/mol. The van der Waals surface area contributed by atoms with Gasteiger partial charge >= 0.3 is 0 Å². The first-order valence-corrected chi connectivity index (χ1v) is 8.79. The van der Waals surface area contributed by atoms with Crippen molar-refractivity contribution in [2.75, 3.05) is 13.7 Å². The summed E-state index contributed by atoms with van der Waals surface area (Å²) in [5.41, 5.74) is 3.25. The molecule has 0 bridgehead atoms. The number of ether oxygens (including phenoxy) is 1. The minimum absolute atomic E-state index is 0.0344. The normalized spacial score (nSPS) is 16.6. The zero-order valence-corrected chi connectivity index (χ0v) is 15.2. The molecule has 136 valence electrons. The number of carbonyl (C=O) groups excluding carboxylic acids is 2. The summed E-state index contributed by atoms with van der Waals surface area (Å²) in [4.78, 5) is 26.5. The van der Waals surface area contributed by atoms with E-state index in [4.69, 9.17) is 4.74 Å². The third kappa shape index (κ3) is 4.42. The van der Waals surface area contributed by atoms with Gasteiger partial charge in [0.15, 0.2) is 0 Å². The maximum Gasteiger partial charge on any atom is 0.225 e. The fourth-order valence-electron chi connectivity index (χ4n) is 3.13. The minimum atomic E-state index is -0.293. The predicted octanol–water partition coefficient (Wildman–Crippen LogP) is 2.67. The highest BCUT2D eigenvalue weighted by Crippen LogP contribution is 2.21. The molecule has 1 fully saturated rings. The Labute approximate surface area is 154 Å². The van der Waals surface area contributed by atoms with Crippen LogP contribution >= 0.6 is 0 Å². The van der Waals surface area contributed by atoms with Crippen LogP contribution in [-0.2, 0) is 22.7 Å². The molecule has 2 amide bonds. The number of hydrogen-bond donors (Lipinski definition) is 1. The van der Waals surface area contributed by atoms with E-state index in [1.54, 1.807) is 12.0 Å². The second-order valence-electron chi connectivity index (χ2n) is 6.73. The SMILES string of the molecule is COc1cccc(CNC(=O)C2CC(=O)N(Cc3ccc(C)cc3)C2)c1. The van der Waals surface area contributed by atoms with E-state index in [-0.39, 0.29) is 24.2 Å². The van der Waals surface area contributed by atoms with Gasteiger partial charge in [-0.1, -0.05) is 42.0 Å². The highest BCUT2D eigenvalue weighted by atomic mass is 16.5. The largest absolute Gasteiger partial charge is 0.497 e. The van der Waals surface area contributed by atoms with Crippen LogP contribution in [0.2, 0.25) is 0 Å². The van der Waals surface area contributed by atoms with E-state index in [2.05, 4.69) is 5.32 Å². The van der Waals surface area contributed by atoms with Gasteiger partial charge in [-0.15, -0.1) is 0 Å². The van der Waals surface area contributed by atoms with Crippen LogP contribution in [0.3, 0.4) is 0 Å². The Morgan fingerprint density at radius 1 is 1.19 bits per heavy atom. The zero-order chi connectivity index (χ0) is 18.5. The Bertz CT molecular complexity index is 786. The topological polar surface area (TPSA) is 58.6 Å². The van der Waals surface area contributed by atoms with Gasteiger partial charge in [0.25, 0.3) is 0 Å². The first kappa shape index (κ1) is 18.0. The molecular weight excluding hydrogens is 328 g/mol. The van der Waals surface area contributed by atoms with Crippen LogP contribution in [0.15, 0.2) is 48.5 Å². The highest BCUT2D eigenvalue weighted by molar-refractivity contribution is 5.89. The summed E-state index contributed by atoms with van der Waals surface area (Å²) in [5, 5.41) is 2.93. The van der Waals surface area contributed by atoms with Crippen LogP contribution in [0.25, 0.3) is 0 Å². The Morgan fingerprint density at radius 3 is 2.69 bits per heavy atom. The summed E-state index contributed by atoms with van der Waals surface area (Å²) in [6, 6.07) is 15.7. The maximum atomic E-state index is 12.4. The van der Waals surface area contributed by atoms with E-state index in [0.717, 1.165) is 16.9 Å². The number of nitrogens with zero attached hydrogens (tertiary/aromatic N) is 1. The lowest BCUT2D eigenvalue weighted by atomic mass is 10.1. The summed E-state index contributed by atoms with van der Waals surface area (Å²) in [7, 11) is 1.62. The summed E-state index contributed by atoms with van der Waals surface area (Å²) >= 11 is 0. The van der Waals surface area contributed by atoms with Crippen molar-refractivity contribution < 1.29 is 14.3 Å². The summed E-state index contributed by atoms with van der Waals surface area (Å²) in [5.74, 6) is 0.426. The first-order chi connectivity index (χ1) is 12.5. The highest BCUT2D eigenvalue weighted by Gasteiger charge is 2.34. The Kier molecular flexibility index (Phi) is 5.56. The van der Waals surface area contributed by atoms with Gasteiger partial charge in [-0.05, 0) is 30.2 Å². The molecule has 26 heavy (non-hydrogen) atoms. The molecule has 5 heteroatoms. The molecule has 2 aromatic rings. The molecule has 0 aromatic heterocycles. The molecule has 1 atom stereocenters. The molecular formula is C21H24N2O3. The Balaban J connectivity index is 1.53. The molecule has 5 nitrogen and oxygen atoms in total. The van der Waals surface area contributed by atoms with Crippen molar-refractivity contribution in [2.24, 2.45) is 5.92 Å². The molecule has 0 spiro atoms. The van der Waals surface area contributed by atoms with E-state index >= 15 is 0 Å². The minimum Gasteiger partial charge on any atom is -0.497 e. The molecule has 1 heterocycles. The molecule has 3 rings (SSSR count). The second-order valence-corrected chi connectivity index (χ2v) is 6.73. The quantitative estimate of drug-likeness (QED) is 0.870. The third-order valence-electron chi connectivity index (χ3n) is 4.68. The van der Waals surface area contributed by atoms with Crippen molar-refractivity contribution in [1.82, 2.24) is 10.2 Å². The standard InChI is InChI=1S/C21H24N2O3/c1-15-6-8-16(9-7-15)13-23-14-18(11-20(23)24)21(25)22-12-17-4-3-5-19(10-17)26-2/h3-10,18H,11-14H2,1-2H3,(H,22,25). The average molecular weight is 352 g/mol. The van der Waals surface area contributed by atoms with E-state index in [9.17, 15) is 9.59 Å². The lowest BCUT2D eigenvalue weighted by Crippen LogP contribution is -2.32. The number of amides is 2. The number of aryl methyl sites for hydroxylation is 1. The fraction of sp³-hybridized carbons (Fsp3) is 0.333. The van der Waals surface area contributed by atoms with Crippen LogP contribution in [0.4, 0.5) is 0 Å². The second kappa shape index (κ2) is 8.04. The van der Waals surface area contributed by atoms with Gasteiger partial charge in [0.05, 0.1) is 13.0 Å². The molecule has 0 radical (unpaired) electrons. The van der Waals surface area contributed by atoms with Gasteiger partial charge in [0, 0.05) is 26.1 Å². The van der Waals surface area contributed by atoms with Crippen molar-refractivity contribution in [3.63, 3.8) is 0 Å². The van der Waals surface area contributed by atoms with Crippen molar-refractivity contribution in [1.29, 1.82) is 0 Å². The fourth-order valence-corrected chi connectivity index (χ4v) is 3.13. The van der Waals surface area contributed by atoms with Crippen LogP contribution in [0.5, 0.6) is 5.75 Å². The molecule has 0 saturated carbocycles. The number of methoxy groups -OCH3 is 1. The van der Waals surface area contributed by atoms with Crippen molar-refractivity contribution in [3.05, 3.63) is 65.2 Å². The number of nitrogens with one attached hydrogen (secondary N) is 1. The van der Waals surface area contributed by atoms with Crippen molar-refractivity contribution in [3.8, 4) is 5.75 Å². The van der Waals surface area contributed by atoms with E-state index in [0.29, 0.717) is 19.6 Å². The summed E-state index contributed by atoms with van der Waals surface area (Å²) in [6.07, 6.45) is 0.274. The lowest BCUT2D eigenvalue weighted by molar-refractivity contribution is -0.129. The molecule has 1 aliphatic heterocycles. The van der Waals surface area contributed by atoms with Gasteiger partial charge in [-0.3, -0.25) is 9.59 Å². The molecule has 1 aliphatic rings. The molecule has 1 unspecified atom stereocenters. The lowest BCUT2D eigenvalue weighted by Gasteiger charge is -2.17. The van der Waals surface area contributed by atoms with Crippen LogP contribution < -0.4 is 10.1 Å². The van der Waals surface area contributed by atoms with Crippen molar-refractivity contribution in [2.45, 2.75) is 26.4 Å². The van der Waals surface area contributed by atoms with E-state index in [1.165, 1.54) is 5.56 Å². The number of hydrogen-bond acceptors (Lipinski definition) is 3. The number of rotatable bonds is 6. The van der Waals surface area contributed by atoms with Gasteiger partial charge in [0.2, 0.25) is 11.8 Å². The zero-order valence-electron chi connectivity index (χ0n) is 15.2. The van der Waals surface area contributed by atoms with Gasteiger partial charge in [-0.2, -0.15) is 0 Å². The molecule has 1 saturated heterocycles. The van der Waals surface area contributed by atoms with Crippen LogP contribution in [0, 0.1) is 12.8 Å². The van der Waals surface area contributed by atoms with Crippen LogP contribution in [-0.4, -0.2) is 30.4 Å². The smallest absolute Gasteiger partial charge is 0.225 e. The van der Waals surface area contributed by atoms with Gasteiger partial charge < -0.3 is 15.0 Å². The number of benzene rings is 2. The van der Waals surface area contributed by atoms with Crippen LogP contribution in [0.1, 0.15) is 23.1 Å². The molecule has 0 aliphatic carbocycles. The van der Waals surface area contributed by atoms with E-state index < -0.39 is 0 Å². The molecule has 1 N–H and O–H groups in total. The average Bonchev–Trinajstić information content (AvgIpc) is 3.02. The van der Waals surface area contributed by atoms with E-state index in [1.807, 2.05) is 55.5 Å². The Morgan fingerprint density at radius 2 is 1.96 bits per heavy atom. The van der Waals surface area contributed by atoms with Gasteiger partial charge in [0.1, 0.15) is 5.75 Å². The third-order valence-corrected chi connectivity index (χ3v) is 4.68. The first-order valence-electron chi connectivity index (χ1n) is 8.79. The number of likely N-dealkylation sites (tertiary alicyclic amines) is 1. The van der Waals surface area contributed by atoms with Crippen molar-refractivity contribution >= 4 is 11.8 Å². The maximum absolute atomic E-state index is 12.4.